The van der Waals surface area contributed by atoms with E-state index in [9.17, 15) is 17.5 Å². The van der Waals surface area contributed by atoms with E-state index in [1.54, 1.807) is 37.1 Å². The number of fused-ring (bicyclic) bond motifs is 1. The zero-order chi connectivity index (χ0) is 25.4. The topological polar surface area (TPSA) is 142 Å². The number of piperazine rings is 1. The third-order valence-electron chi connectivity index (χ3n) is 6.05. The molecule has 0 radical (unpaired) electrons. The molecule has 15 heteroatoms. The summed E-state index contributed by atoms with van der Waals surface area (Å²) in [6.07, 6.45) is 8.46. The van der Waals surface area contributed by atoms with Crippen molar-refractivity contribution in [1.82, 2.24) is 34.0 Å². The van der Waals surface area contributed by atoms with Crippen LogP contribution in [0.3, 0.4) is 0 Å². The van der Waals surface area contributed by atoms with Crippen molar-refractivity contribution in [2.75, 3.05) is 23.9 Å². The van der Waals surface area contributed by atoms with E-state index in [0.29, 0.717) is 35.4 Å². The molecule has 0 spiro atoms. The van der Waals surface area contributed by atoms with Crippen LogP contribution in [0.2, 0.25) is 5.02 Å². The molecule has 12 nitrogen and oxygen atoms in total. The van der Waals surface area contributed by atoms with Crippen molar-refractivity contribution >= 4 is 45.2 Å². The van der Waals surface area contributed by atoms with Gasteiger partial charge in [-0.3, -0.25) is 14.0 Å². The predicted octanol–water partition coefficient (Wildman–Crippen LogP) is 2.25. The van der Waals surface area contributed by atoms with Crippen LogP contribution in [0.25, 0.3) is 17.2 Å². The molecule has 0 aliphatic carbocycles. The summed E-state index contributed by atoms with van der Waals surface area (Å²) in [6.45, 7) is 3.01. The lowest BCUT2D eigenvalue weighted by atomic mass is 10.0. The van der Waals surface area contributed by atoms with Crippen LogP contribution in [0.1, 0.15) is 18.5 Å². The first-order valence-corrected chi connectivity index (χ1v) is 13.9. The molecule has 0 bridgehead atoms. The van der Waals surface area contributed by atoms with Gasteiger partial charge in [-0.25, -0.2) is 23.4 Å². The molecule has 0 amide bonds. The van der Waals surface area contributed by atoms with Gasteiger partial charge in [0.1, 0.15) is 28.9 Å². The summed E-state index contributed by atoms with van der Waals surface area (Å²) in [5.74, 6) is 0.997. The van der Waals surface area contributed by atoms with E-state index in [0.717, 1.165) is 11.2 Å². The normalized spacial score (nSPS) is 20.6. The number of halogens is 1. The molecule has 1 aliphatic heterocycles. The maximum atomic E-state index is 11.7. The Labute approximate surface area is 216 Å². The Morgan fingerprint density at radius 1 is 1.06 bits per heavy atom. The van der Waals surface area contributed by atoms with Crippen LogP contribution in [0.5, 0.6) is 0 Å². The van der Waals surface area contributed by atoms with E-state index in [4.69, 9.17) is 16.6 Å². The zero-order valence-corrected chi connectivity index (χ0v) is 21.5. The largest absolute Gasteiger partial charge is 0.353 e. The third kappa shape index (κ3) is 5.19. The highest BCUT2D eigenvalue weighted by atomic mass is 35.5. The second-order valence-corrected chi connectivity index (χ2v) is 10.7. The Balaban J connectivity index is 1.47. The molecule has 4 aromatic rings. The smallest absolute Gasteiger partial charge is 0.180 e. The van der Waals surface area contributed by atoms with Crippen LogP contribution in [-0.4, -0.2) is 76.6 Å². The van der Waals surface area contributed by atoms with Gasteiger partial charge >= 0.3 is 0 Å². The Hall–Kier alpha value is -2.75. The number of hydrogen-bond donors (Lipinski definition) is 2. The van der Waals surface area contributed by atoms with Crippen molar-refractivity contribution in [2.24, 2.45) is 0 Å². The van der Waals surface area contributed by atoms with Crippen LogP contribution in [-0.2, 0) is 28.0 Å². The van der Waals surface area contributed by atoms with Crippen LogP contribution in [0.15, 0.2) is 49.2 Å². The highest BCUT2D eigenvalue weighted by molar-refractivity contribution is 7.79. The summed E-state index contributed by atoms with van der Waals surface area (Å²) in [6, 6.07) is 5.02. The van der Waals surface area contributed by atoms with Crippen LogP contribution < -0.4 is 4.90 Å². The molecule has 5 heterocycles. The van der Waals surface area contributed by atoms with Gasteiger partial charge in [0.25, 0.3) is 0 Å². The first-order valence-electron chi connectivity index (χ1n) is 10.9. The van der Waals surface area contributed by atoms with Gasteiger partial charge in [0.15, 0.2) is 28.0 Å². The van der Waals surface area contributed by atoms with Gasteiger partial charge in [-0.15, -0.1) is 0 Å². The minimum Gasteiger partial charge on any atom is -0.353 e. The molecule has 0 saturated carbocycles. The predicted molar refractivity (Wildman–Crippen MR) is 136 cm³/mol. The minimum absolute atomic E-state index is 0.0334. The van der Waals surface area contributed by atoms with Gasteiger partial charge in [-0.2, -0.15) is 5.10 Å². The number of imidazole rings is 1. The minimum atomic E-state index is -2.04. The Morgan fingerprint density at radius 2 is 1.86 bits per heavy atom. The summed E-state index contributed by atoms with van der Waals surface area (Å²) in [5.41, 5.74) is 2.20. The molecular weight excluding hydrogens is 528 g/mol. The monoisotopic (exact) mass is 550 g/mol. The Morgan fingerprint density at radius 3 is 2.64 bits per heavy atom. The number of pyridine rings is 1. The summed E-state index contributed by atoms with van der Waals surface area (Å²) >= 11 is 2.10. The van der Waals surface area contributed by atoms with Crippen molar-refractivity contribution in [3.8, 4) is 11.5 Å². The van der Waals surface area contributed by atoms with Crippen molar-refractivity contribution < 1.29 is 17.5 Å². The van der Waals surface area contributed by atoms with Crippen LogP contribution in [0, 0.1) is 0 Å². The van der Waals surface area contributed by atoms with E-state index in [1.165, 1.54) is 4.68 Å². The summed E-state index contributed by atoms with van der Waals surface area (Å²) in [7, 11) is 0. The number of aromatic nitrogens is 6. The maximum absolute atomic E-state index is 11.7. The van der Waals surface area contributed by atoms with Gasteiger partial charge in [0.05, 0.1) is 23.5 Å². The Kier molecular flexibility index (Phi) is 7.14. The summed E-state index contributed by atoms with van der Waals surface area (Å²) in [4.78, 5) is 17.7. The van der Waals surface area contributed by atoms with Gasteiger partial charge in [0.2, 0.25) is 0 Å². The van der Waals surface area contributed by atoms with E-state index in [1.807, 2.05) is 28.4 Å². The van der Waals surface area contributed by atoms with Crippen molar-refractivity contribution in [3.63, 3.8) is 0 Å². The highest BCUT2D eigenvalue weighted by Gasteiger charge is 2.35. The molecule has 2 N–H and O–H groups in total. The molecule has 4 unspecified atom stereocenters. The van der Waals surface area contributed by atoms with Crippen LogP contribution in [0.4, 0.5) is 5.82 Å². The molecule has 4 aromatic heterocycles. The molecule has 1 aliphatic rings. The van der Waals surface area contributed by atoms with Crippen molar-refractivity contribution in [1.29, 1.82) is 0 Å². The fraction of sp³-hybridized carbons (Fsp3) is 0.333. The SMILES string of the molecule is CC1CN(c2ccnc(-c3cnc4ccc(Cl)cn34)n2)CC(c2cnn(CS(=O)O)c2)N1CS(=O)O. The average molecular weight is 551 g/mol. The number of hydrogen-bond acceptors (Lipinski definition) is 8. The third-order valence-corrected chi connectivity index (χ3v) is 7.28. The molecule has 36 heavy (non-hydrogen) atoms. The maximum Gasteiger partial charge on any atom is 0.180 e. The lowest BCUT2D eigenvalue weighted by molar-refractivity contribution is 0.145. The quantitative estimate of drug-likeness (QED) is 0.329. The average Bonchev–Trinajstić information content (AvgIpc) is 3.46. The molecule has 1 fully saturated rings. The molecule has 1 saturated heterocycles. The first-order chi connectivity index (χ1) is 17.3. The lowest BCUT2D eigenvalue weighted by Crippen LogP contribution is -2.54. The summed E-state index contributed by atoms with van der Waals surface area (Å²) in [5, 5.41) is 4.75. The van der Waals surface area contributed by atoms with E-state index < -0.39 is 22.2 Å². The van der Waals surface area contributed by atoms with E-state index in [-0.39, 0.29) is 23.8 Å². The highest BCUT2D eigenvalue weighted by Crippen LogP contribution is 2.31. The molecule has 4 atom stereocenters. The van der Waals surface area contributed by atoms with Crippen molar-refractivity contribution in [2.45, 2.75) is 24.9 Å². The standard InChI is InChI=1S/C21H23ClN8O4S2/c1-14-8-27(11-18(30(14)13-36(33)34)15-6-25-28(9-15)12-35(31)32)20-4-5-23-21(26-20)17-7-24-19-3-2-16(22)10-29(17)19/h2-7,9-10,14,18H,8,11-13H2,1H3,(H,31,32)(H,33,34). The second kappa shape index (κ2) is 10.3. The number of anilines is 1. The van der Waals surface area contributed by atoms with Gasteiger partial charge < -0.3 is 14.0 Å². The van der Waals surface area contributed by atoms with Gasteiger partial charge in [0, 0.05) is 43.3 Å². The number of nitrogens with zero attached hydrogens (tertiary/aromatic N) is 8. The van der Waals surface area contributed by atoms with Gasteiger partial charge in [-0.05, 0) is 25.1 Å². The van der Waals surface area contributed by atoms with E-state index >= 15 is 0 Å². The first kappa shape index (κ1) is 24.9. The fourth-order valence-electron chi connectivity index (χ4n) is 4.45. The van der Waals surface area contributed by atoms with Crippen molar-refractivity contribution in [3.05, 3.63) is 59.8 Å². The molecule has 5 rings (SSSR count). The lowest BCUT2D eigenvalue weighted by Gasteiger charge is -2.45. The molecule has 0 aromatic carbocycles. The zero-order valence-electron chi connectivity index (χ0n) is 19.1. The summed E-state index contributed by atoms with van der Waals surface area (Å²) < 4.78 is 45.0. The van der Waals surface area contributed by atoms with Crippen LogP contribution >= 0.6 is 11.6 Å². The Bertz CT molecular complexity index is 1450. The number of rotatable bonds is 7. The molecule has 190 valence electrons. The second-order valence-electron chi connectivity index (χ2n) is 8.46. The molecular formula is C21H23ClN8O4S2. The van der Waals surface area contributed by atoms with E-state index in [2.05, 4.69) is 20.0 Å². The fourth-order valence-corrected chi connectivity index (χ4v) is 5.67. The van der Waals surface area contributed by atoms with Gasteiger partial charge in [-0.1, -0.05) is 11.6 Å².